The Morgan fingerprint density at radius 1 is 1.40 bits per heavy atom. The molecule has 1 aliphatic carbocycles. The number of halogens is 1. The summed E-state index contributed by atoms with van der Waals surface area (Å²) in [6.07, 6.45) is 12.7. The van der Waals surface area contributed by atoms with E-state index >= 15 is 0 Å². The molecule has 0 aliphatic heterocycles. The van der Waals surface area contributed by atoms with Gasteiger partial charge in [-0.1, -0.05) is 18.6 Å². The second kappa shape index (κ2) is 12.8. The average molecular weight is 411 g/mol. The van der Waals surface area contributed by atoms with Crippen LogP contribution in [0.15, 0.2) is 17.1 Å². The molecule has 0 spiro atoms. The van der Waals surface area contributed by atoms with E-state index in [1.54, 1.807) is 0 Å². The van der Waals surface area contributed by atoms with Crippen LogP contribution in [0.4, 0.5) is 0 Å². The molecule has 1 aliphatic rings. The first-order valence-corrected chi connectivity index (χ1v) is 8.77. The molecule has 118 valence electrons. The summed E-state index contributed by atoms with van der Waals surface area (Å²) < 4.78 is 0. The van der Waals surface area contributed by atoms with Gasteiger partial charge in [-0.05, 0) is 45.8 Å². The minimum atomic E-state index is 0. The van der Waals surface area contributed by atoms with E-state index in [0.717, 1.165) is 30.7 Å². The van der Waals surface area contributed by atoms with Gasteiger partial charge in [-0.2, -0.15) is 11.8 Å². The summed E-state index contributed by atoms with van der Waals surface area (Å²) >= 11 is 2.00. The van der Waals surface area contributed by atoms with E-state index < -0.39 is 0 Å². The van der Waals surface area contributed by atoms with Crippen LogP contribution in [0.3, 0.4) is 0 Å². The highest BCUT2D eigenvalue weighted by Gasteiger charge is 2.21. The number of hydrogen-bond acceptors (Lipinski definition) is 2. The van der Waals surface area contributed by atoms with Gasteiger partial charge in [0.1, 0.15) is 0 Å². The van der Waals surface area contributed by atoms with Gasteiger partial charge in [-0.25, -0.2) is 0 Å². The molecule has 2 unspecified atom stereocenters. The Bertz CT molecular complexity index is 295. The Labute approximate surface area is 145 Å². The van der Waals surface area contributed by atoms with Gasteiger partial charge in [0, 0.05) is 24.4 Å². The van der Waals surface area contributed by atoms with Gasteiger partial charge in [0.2, 0.25) is 0 Å². The van der Waals surface area contributed by atoms with Crippen molar-refractivity contribution in [2.75, 3.05) is 19.3 Å². The van der Waals surface area contributed by atoms with Crippen molar-refractivity contribution in [3.8, 4) is 0 Å². The van der Waals surface area contributed by atoms with Gasteiger partial charge in [0.15, 0.2) is 5.96 Å². The smallest absolute Gasteiger partial charge is 0.191 e. The molecular formula is C15H30IN3S. The Balaban J connectivity index is 0.00000361. The Kier molecular flexibility index (Phi) is 12.9. The van der Waals surface area contributed by atoms with Crippen LogP contribution in [-0.2, 0) is 0 Å². The van der Waals surface area contributed by atoms with Gasteiger partial charge >= 0.3 is 0 Å². The molecule has 0 heterocycles. The predicted molar refractivity (Wildman–Crippen MR) is 104 cm³/mol. The average Bonchev–Trinajstić information content (AvgIpc) is 2.44. The fraction of sp³-hybridized carbons (Fsp3) is 0.800. The van der Waals surface area contributed by atoms with Crippen molar-refractivity contribution in [1.82, 2.24) is 10.6 Å². The van der Waals surface area contributed by atoms with Crippen LogP contribution < -0.4 is 10.6 Å². The van der Waals surface area contributed by atoms with E-state index in [0.29, 0.717) is 6.04 Å². The number of nitrogens with zero attached hydrogens (tertiary/aromatic N) is 1. The lowest BCUT2D eigenvalue weighted by atomic mass is 9.95. The zero-order valence-corrected chi connectivity index (χ0v) is 16.2. The molecule has 20 heavy (non-hydrogen) atoms. The SMILES string of the molecule is C/C=C/CCN=C(NCC)NC1CCCC(SC)C1.I. The van der Waals surface area contributed by atoms with Gasteiger partial charge in [-0.3, -0.25) is 4.99 Å². The molecule has 1 fully saturated rings. The minimum absolute atomic E-state index is 0. The zero-order valence-electron chi connectivity index (χ0n) is 13.0. The molecule has 1 saturated carbocycles. The van der Waals surface area contributed by atoms with Crippen LogP contribution in [-0.4, -0.2) is 36.6 Å². The maximum absolute atomic E-state index is 4.63. The van der Waals surface area contributed by atoms with E-state index in [9.17, 15) is 0 Å². The molecule has 2 atom stereocenters. The second-order valence-corrected chi connectivity index (χ2v) is 6.12. The molecule has 0 amide bonds. The lowest BCUT2D eigenvalue weighted by molar-refractivity contribution is 0.419. The summed E-state index contributed by atoms with van der Waals surface area (Å²) in [6.45, 7) is 5.96. The molecule has 3 nitrogen and oxygen atoms in total. The van der Waals surface area contributed by atoms with Gasteiger partial charge in [-0.15, -0.1) is 24.0 Å². The van der Waals surface area contributed by atoms with Crippen LogP contribution in [0.2, 0.25) is 0 Å². The third-order valence-corrected chi connectivity index (χ3v) is 4.54. The number of nitrogens with one attached hydrogen (secondary N) is 2. The van der Waals surface area contributed by atoms with Gasteiger partial charge in [0.25, 0.3) is 0 Å². The number of guanidine groups is 1. The van der Waals surface area contributed by atoms with E-state index in [4.69, 9.17) is 0 Å². The van der Waals surface area contributed by atoms with E-state index in [-0.39, 0.29) is 24.0 Å². The predicted octanol–water partition coefficient (Wildman–Crippen LogP) is 3.80. The molecule has 0 bridgehead atoms. The summed E-state index contributed by atoms with van der Waals surface area (Å²) in [7, 11) is 0. The molecule has 2 N–H and O–H groups in total. The highest BCUT2D eigenvalue weighted by atomic mass is 127. The molecule has 0 aromatic heterocycles. The van der Waals surface area contributed by atoms with E-state index in [1.165, 1.54) is 25.7 Å². The molecule has 0 aromatic rings. The van der Waals surface area contributed by atoms with Crippen LogP contribution in [0, 0.1) is 0 Å². The minimum Gasteiger partial charge on any atom is -0.357 e. The normalized spacial score (nSPS) is 23.4. The molecular weight excluding hydrogens is 381 g/mol. The number of thioether (sulfide) groups is 1. The lowest BCUT2D eigenvalue weighted by Crippen LogP contribution is -2.45. The quantitative estimate of drug-likeness (QED) is 0.230. The van der Waals surface area contributed by atoms with Gasteiger partial charge < -0.3 is 10.6 Å². The Hall–Kier alpha value is 0.0900. The molecule has 0 aromatic carbocycles. The first kappa shape index (κ1) is 20.1. The largest absolute Gasteiger partial charge is 0.357 e. The van der Waals surface area contributed by atoms with Crippen molar-refractivity contribution >= 4 is 41.7 Å². The summed E-state index contributed by atoms with van der Waals surface area (Å²) in [6, 6.07) is 0.589. The standard InChI is InChI=1S/C15H29N3S.HI/c1-4-6-7-11-17-15(16-5-2)18-13-9-8-10-14(12-13)19-3;/h4,6,13-14H,5,7-12H2,1-3H3,(H2,16,17,18);1H/b6-4+;. The Morgan fingerprint density at radius 3 is 2.85 bits per heavy atom. The summed E-state index contributed by atoms with van der Waals surface area (Å²) in [5, 5.41) is 7.76. The van der Waals surface area contributed by atoms with Crippen molar-refractivity contribution in [2.45, 2.75) is 57.2 Å². The first-order chi connectivity index (χ1) is 9.30. The van der Waals surface area contributed by atoms with Crippen molar-refractivity contribution in [1.29, 1.82) is 0 Å². The molecule has 5 heteroatoms. The Morgan fingerprint density at radius 2 is 2.20 bits per heavy atom. The van der Waals surface area contributed by atoms with Crippen molar-refractivity contribution in [2.24, 2.45) is 4.99 Å². The molecule has 0 radical (unpaired) electrons. The number of hydrogen-bond donors (Lipinski definition) is 2. The van der Waals surface area contributed by atoms with Crippen molar-refractivity contribution in [3.05, 3.63) is 12.2 Å². The van der Waals surface area contributed by atoms with Crippen LogP contribution in [0.25, 0.3) is 0 Å². The highest BCUT2D eigenvalue weighted by molar-refractivity contribution is 14.0. The fourth-order valence-electron chi connectivity index (χ4n) is 2.42. The number of aliphatic imine (C=N–C) groups is 1. The van der Waals surface area contributed by atoms with Crippen molar-refractivity contribution < 1.29 is 0 Å². The second-order valence-electron chi connectivity index (χ2n) is 4.98. The van der Waals surface area contributed by atoms with E-state index in [1.807, 2.05) is 11.8 Å². The summed E-state index contributed by atoms with van der Waals surface area (Å²) in [4.78, 5) is 4.63. The van der Waals surface area contributed by atoms with E-state index in [2.05, 4.69) is 47.9 Å². The summed E-state index contributed by atoms with van der Waals surface area (Å²) in [5.41, 5.74) is 0. The van der Waals surface area contributed by atoms with Crippen molar-refractivity contribution in [3.63, 3.8) is 0 Å². The topological polar surface area (TPSA) is 36.4 Å². The zero-order chi connectivity index (χ0) is 13.9. The maximum atomic E-state index is 4.63. The monoisotopic (exact) mass is 411 g/mol. The van der Waals surface area contributed by atoms with Crippen LogP contribution in [0.1, 0.15) is 46.0 Å². The van der Waals surface area contributed by atoms with Crippen LogP contribution in [0.5, 0.6) is 0 Å². The number of rotatable bonds is 6. The summed E-state index contributed by atoms with van der Waals surface area (Å²) in [5.74, 6) is 0.985. The third kappa shape index (κ3) is 8.39. The molecule has 1 rings (SSSR count). The number of allylic oxidation sites excluding steroid dienone is 1. The highest BCUT2D eigenvalue weighted by Crippen LogP contribution is 2.26. The first-order valence-electron chi connectivity index (χ1n) is 7.49. The van der Waals surface area contributed by atoms with Crippen LogP contribution >= 0.6 is 35.7 Å². The van der Waals surface area contributed by atoms with Gasteiger partial charge in [0.05, 0.1) is 0 Å². The lowest BCUT2D eigenvalue weighted by Gasteiger charge is -2.29. The maximum Gasteiger partial charge on any atom is 0.191 e. The fourth-order valence-corrected chi connectivity index (χ4v) is 3.25. The molecule has 0 saturated heterocycles. The third-order valence-electron chi connectivity index (χ3n) is 3.45.